The maximum absolute atomic E-state index is 11.5. The third-order valence-corrected chi connectivity index (χ3v) is 4.30. The molecule has 3 atom stereocenters. The summed E-state index contributed by atoms with van der Waals surface area (Å²) in [6.45, 7) is 4.17. The molecule has 0 amide bonds. The monoisotopic (exact) mass is 273 g/mol. The third kappa shape index (κ3) is 3.47. The average Bonchev–Trinajstić information content (AvgIpc) is 2.48. The van der Waals surface area contributed by atoms with Gasteiger partial charge >= 0.3 is 5.97 Å². The van der Waals surface area contributed by atoms with Crippen LogP contribution in [-0.4, -0.2) is 16.8 Å². The predicted octanol–water partition coefficient (Wildman–Crippen LogP) is 4.10. The van der Waals surface area contributed by atoms with Gasteiger partial charge in [0.15, 0.2) is 0 Å². The van der Waals surface area contributed by atoms with Gasteiger partial charge in [-0.2, -0.15) is 0 Å². The van der Waals surface area contributed by atoms with Gasteiger partial charge in [-0.1, -0.05) is 43.7 Å². The van der Waals surface area contributed by atoms with Gasteiger partial charge in [0, 0.05) is 5.71 Å². The van der Waals surface area contributed by atoms with Crippen molar-refractivity contribution in [1.82, 2.24) is 0 Å². The Hall–Kier alpha value is -1.64. The Morgan fingerprint density at radius 3 is 2.70 bits per heavy atom. The van der Waals surface area contributed by atoms with Crippen LogP contribution in [0, 0.1) is 11.8 Å². The summed E-state index contributed by atoms with van der Waals surface area (Å²) in [5.74, 6) is -0.580. The highest BCUT2D eigenvalue weighted by Crippen LogP contribution is 2.31. The maximum atomic E-state index is 11.5. The van der Waals surface area contributed by atoms with E-state index in [-0.39, 0.29) is 12.0 Å². The molecule has 0 spiro atoms. The van der Waals surface area contributed by atoms with Gasteiger partial charge < -0.3 is 5.11 Å². The van der Waals surface area contributed by atoms with Crippen LogP contribution in [0.15, 0.2) is 35.3 Å². The highest BCUT2D eigenvalue weighted by Gasteiger charge is 2.31. The van der Waals surface area contributed by atoms with Gasteiger partial charge in [-0.15, -0.1) is 0 Å². The van der Waals surface area contributed by atoms with Crippen molar-refractivity contribution in [3.63, 3.8) is 0 Å². The van der Waals surface area contributed by atoms with Crippen molar-refractivity contribution in [2.75, 3.05) is 0 Å². The normalized spacial score (nSPS) is 26.4. The van der Waals surface area contributed by atoms with Gasteiger partial charge in [0.05, 0.1) is 12.0 Å². The van der Waals surface area contributed by atoms with Crippen LogP contribution in [0.5, 0.6) is 0 Å². The summed E-state index contributed by atoms with van der Waals surface area (Å²) in [7, 11) is 0. The molecule has 0 saturated heterocycles. The van der Waals surface area contributed by atoms with Gasteiger partial charge in [0.1, 0.15) is 0 Å². The lowest BCUT2D eigenvalue weighted by molar-refractivity contribution is -0.140. The van der Waals surface area contributed by atoms with Crippen LogP contribution in [-0.2, 0) is 4.79 Å². The highest BCUT2D eigenvalue weighted by atomic mass is 16.4. The van der Waals surface area contributed by atoms with Gasteiger partial charge in [-0.25, -0.2) is 0 Å². The van der Waals surface area contributed by atoms with E-state index in [2.05, 4.69) is 6.92 Å². The zero-order valence-corrected chi connectivity index (χ0v) is 12.2. The van der Waals surface area contributed by atoms with Crippen LogP contribution in [0.25, 0.3) is 0 Å². The van der Waals surface area contributed by atoms with Gasteiger partial charge in [0.2, 0.25) is 0 Å². The summed E-state index contributed by atoms with van der Waals surface area (Å²) in [5, 5.41) is 9.42. The number of carbonyl (C=O) groups is 1. The summed E-state index contributed by atoms with van der Waals surface area (Å²) in [5.41, 5.74) is 2.01. The minimum Gasteiger partial charge on any atom is -0.481 e. The highest BCUT2D eigenvalue weighted by molar-refractivity contribution is 6.02. The zero-order chi connectivity index (χ0) is 14.5. The molecular weight excluding hydrogens is 250 g/mol. The lowest BCUT2D eigenvalue weighted by Gasteiger charge is -2.28. The molecule has 0 radical (unpaired) electrons. The van der Waals surface area contributed by atoms with E-state index in [9.17, 15) is 9.90 Å². The number of hydrogen-bond donors (Lipinski definition) is 1. The fourth-order valence-electron chi connectivity index (χ4n) is 2.94. The van der Waals surface area contributed by atoms with E-state index in [0.717, 1.165) is 37.0 Å². The van der Waals surface area contributed by atoms with E-state index >= 15 is 0 Å². The van der Waals surface area contributed by atoms with E-state index < -0.39 is 5.97 Å². The molecule has 1 aliphatic carbocycles. The molecule has 0 bridgehead atoms. The van der Waals surface area contributed by atoms with Crippen molar-refractivity contribution >= 4 is 11.7 Å². The molecule has 20 heavy (non-hydrogen) atoms. The fourth-order valence-corrected chi connectivity index (χ4v) is 2.94. The van der Waals surface area contributed by atoms with Crippen molar-refractivity contribution in [2.45, 2.75) is 45.6 Å². The van der Waals surface area contributed by atoms with Crippen molar-refractivity contribution in [2.24, 2.45) is 16.8 Å². The molecule has 1 fully saturated rings. The van der Waals surface area contributed by atoms with Gasteiger partial charge in [0.25, 0.3) is 0 Å². The van der Waals surface area contributed by atoms with Crippen molar-refractivity contribution < 1.29 is 9.90 Å². The quantitative estimate of drug-likeness (QED) is 0.897. The summed E-state index contributed by atoms with van der Waals surface area (Å²) in [6, 6.07) is 10.1. The topological polar surface area (TPSA) is 49.7 Å². The smallest absolute Gasteiger partial charge is 0.312 e. The number of benzene rings is 1. The Bertz CT molecular complexity index is 481. The third-order valence-electron chi connectivity index (χ3n) is 4.30. The standard InChI is InChI=1S/C17H23NO2/c1-3-13-9-10-16(15(11-13)17(19)20)18-12(2)14-7-5-4-6-8-14/h4-8,12-13,15H,3,9-11H2,1-2H3,(H,19,20). The van der Waals surface area contributed by atoms with Crippen molar-refractivity contribution in [3.8, 4) is 0 Å². The molecule has 0 aromatic heterocycles. The van der Waals surface area contributed by atoms with Gasteiger partial charge in [-0.05, 0) is 37.7 Å². The SMILES string of the molecule is CCC1CCC(=NC(C)c2ccccc2)C(C(=O)O)C1. The Labute approximate surface area is 120 Å². The van der Waals surface area contributed by atoms with E-state index in [1.807, 2.05) is 37.3 Å². The molecule has 1 aromatic rings. The fraction of sp³-hybridized carbons (Fsp3) is 0.529. The number of hydrogen-bond acceptors (Lipinski definition) is 2. The maximum Gasteiger partial charge on any atom is 0.312 e. The van der Waals surface area contributed by atoms with Crippen LogP contribution < -0.4 is 0 Å². The van der Waals surface area contributed by atoms with Crippen LogP contribution in [0.4, 0.5) is 0 Å². The molecule has 0 heterocycles. The molecule has 3 heteroatoms. The first-order valence-electron chi connectivity index (χ1n) is 7.46. The van der Waals surface area contributed by atoms with E-state index in [4.69, 9.17) is 4.99 Å². The number of rotatable bonds is 4. The number of nitrogens with zero attached hydrogens (tertiary/aromatic N) is 1. The second-order valence-electron chi connectivity index (χ2n) is 5.65. The summed E-state index contributed by atoms with van der Waals surface area (Å²) in [4.78, 5) is 16.2. The Balaban J connectivity index is 2.17. The van der Waals surface area contributed by atoms with Crippen molar-refractivity contribution in [3.05, 3.63) is 35.9 Å². The molecule has 1 aromatic carbocycles. The molecule has 1 saturated carbocycles. The number of carboxylic acid groups (broad SMARTS) is 1. The summed E-state index contributed by atoms with van der Waals surface area (Å²) < 4.78 is 0. The Kier molecular flexibility index (Phi) is 4.94. The minimum atomic E-state index is -0.720. The first kappa shape index (κ1) is 14.8. The molecule has 3 unspecified atom stereocenters. The molecule has 0 aliphatic heterocycles. The number of aliphatic imine (C=N–C) groups is 1. The molecule has 108 valence electrons. The molecule has 1 aliphatic rings. The summed E-state index contributed by atoms with van der Waals surface area (Å²) >= 11 is 0. The Morgan fingerprint density at radius 1 is 1.40 bits per heavy atom. The first-order chi connectivity index (χ1) is 9.61. The lowest BCUT2D eigenvalue weighted by atomic mass is 9.78. The minimum absolute atomic E-state index is 0.0335. The van der Waals surface area contributed by atoms with Crippen molar-refractivity contribution in [1.29, 1.82) is 0 Å². The Morgan fingerprint density at radius 2 is 2.10 bits per heavy atom. The van der Waals surface area contributed by atoms with E-state index in [0.29, 0.717) is 5.92 Å². The molecule has 2 rings (SSSR count). The van der Waals surface area contributed by atoms with E-state index in [1.165, 1.54) is 0 Å². The molecular formula is C17H23NO2. The van der Waals surface area contributed by atoms with Crippen LogP contribution >= 0.6 is 0 Å². The lowest BCUT2D eigenvalue weighted by Crippen LogP contribution is -2.31. The molecule has 1 N–H and O–H groups in total. The van der Waals surface area contributed by atoms with Gasteiger partial charge in [-0.3, -0.25) is 9.79 Å². The number of carboxylic acids is 1. The van der Waals surface area contributed by atoms with Crippen LogP contribution in [0.2, 0.25) is 0 Å². The largest absolute Gasteiger partial charge is 0.481 e. The second kappa shape index (κ2) is 6.69. The number of aliphatic carboxylic acids is 1. The predicted molar refractivity (Wildman–Crippen MR) is 81.0 cm³/mol. The van der Waals surface area contributed by atoms with Crippen LogP contribution in [0.1, 0.15) is 51.1 Å². The molecule has 3 nitrogen and oxygen atoms in total. The average molecular weight is 273 g/mol. The van der Waals surface area contributed by atoms with E-state index in [1.54, 1.807) is 0 Å². The first-order valence-corrected chi connectivity index (χ1v) is 7.46. The van der Waals surface area contributed by atoms with Crippen LogP contribution in [0.3, 0.4) is 0 Å². The zero-order valence-electron chi connectivity index (χ0n) is 12.2. The second-order valence-corrected chi connectivity index (χ2v) is 5.65. The summed E-state index contributed by atoms with van der Waals surface area (Å²) in [6.07, 6.45) is 3.70.